The number of aryl methyl sites for hydroxylation is 1. The number of carbonyl (C=O) groups excluding carboxylic acids is 1. The first-order chi connectivity index (χ1) is 13.2. The minimum Gasteiger partial charge on any atom is -0.496 e. The monoisotopic (exact) mass is 383 g/mol. The fourth-order valence-electron chi connectivity index (χ4n) is 5.51. The summed E-state index contributed by atoms with van der Waals surface area (Å²) < 4.78 is 5.67. The molecule has 142 valence electrons. The molecule has 2 bridgehead atoms. The van der Waals surface area contributed by atoms with Crippen LogP contribution in [0.1, 0.15) is 39.8 Å². The predicted octanol–water partition coefficient (Wildman–Crippen LogP) is 3.16. The zero-order valence-electron chi connectivity index (χ0n) is 15.8. The second kappa shape index (κ2) is 6.60. The molecular formula is C21H25N3O2S. The van der Waals surface area contributed by atoms with Crippen LogP contribution in [0, 0.1) is 12.8 Å². The van der Waals surface area contributed by atoms with Crippen molar-refractivity contribution >= 4 is 17.2 Å². The number of fused-ring (bicyclic) bond motifs is 2. The van der Waals surface area contributed by atoms with Crippen LogP contribution in [-0.4, -0.2) is 59.5 Å². The van der Waals surface area contributed by atoms with Gasteiger partial charge in [0.2, 0.25) is 0 Å². The first-order valence-corrected chi connectivity index (χ1v) is 10.7. The lowest BCUT2D eigenvalue weighted by atomic mass is 9.75. The van der Waals surface area contributed by atoms with Crippen molar-refractivity contribution in [2.75, 3.05) is 26.7 Å². The van der Waals surface area contributed by atoms with Crippen LogP contribution in [0.5, 0.6) is 5.75 Å². The number of likely N-dealkylation sites (tertiary alicyclic amines) is 1. The van der Waals surface area contributed by atoms with Gasteiger partial charge in [-0.15, -0.1) is 11.3 Å². The Balaban J connectivity index is 1.55. The zero-order chi connectivity index (χ0) is 18.5. The van der Waals surface area contributed by atoms with Crippen LogP contribution in [0.25, 0.3) is 0 Å². The van der Waals surface area contributed by atoms with Gasteiger partial charge < -0.3 is 9.64 Å². The number of methoxy groups -OCH3 is 1. The van der Waals surface area contributed by atoms with Gasteiger partial charge in [-0.3, -0.25) is 9.69 Å². The molecular weight excluding hydrogens is 358 g/mol. The summed E-state index contributed by atoms with van der Waals surface area (Å²) in [7, 11) is 1.74. The van der Waals surface area contributed by atoms with E-state index in [1.165, 1.54) is 18.4 Å². The van der Waals surface area contributed by atoms with E-state index < -0.39 is 0 Å². The molecule has 0 unspecified atom stereocenters. The Morgan fingerprint density at radius 3 is 2.70 bits per heavy atom. The second-order valence-corrected chi connectivity index (χ2v) is 8.97. The van der Waals surface area contributed by atoms with Gasteiger partial charge in [-0.2, -0.15) is 0 Å². The number of carbonyl (C=O) groups is 1. The van der Waals surface area contributed by atoms with Gasteiger partial charge in [-0.1, -0.05) is 18.2 Å². The number of amides is 1. The minimum atomic E-state index is 0.0977. The van der Waals surface area contributed by atoms with E-state index in [1.807, 2.05) is 24.4 Å². The molecule has 6 rings (SSSR count). The third kappa shape index (κ3) is 2.69. The van der Waals surface area contributed by atoms with Crippen molar-refractivity contribution in [1.82, 2.24) is 14.8 Å². The average molecular weight is 384 g/mol. The molecule has 0 N–H and O–H groups in total. The maximum Gasteiger partial charge on any atom is 0.273 e. The highest BCUT2D eigenvalue weighted by molar-refractivity contribution is 7.09. The quantitative estimate of drug-likeness (QED) is 0.817. The van der Waals surface area contributed by atoms with Gasteiger partial charge in [-0.05, 0) is 44.8 Å². The van der Waals surface area contributed by atoms with Crippen molar-refractivity contribution in [2.24, 2.45) is 5.92 Å². The molecule has 4 aliphatic rings. The van der Waals surface area contributed by atoms with Gasteiger partial charge in [0.1, 0.15) is 11.4 Å². The normalized spacial score (nSPS) is 31.8. The molecule has 2 aromatic rings. The van der Waals surface area contributed by atoms with Crippen molar-refractivity contribution in [1.29, 1.82) is 0 Å². The highest BCUT2D eigenvalue weighted by atomic mass is 32.1. The van der Waals surface area contributed by atoms with E-state index in [1.54, 1.807) is 18.4 Å². The lowest BCUT2D eigenvalue weighted by Gasteiger charge is -2.51. The molecule has 4 fully saturated rings. The molecule has 3 atom stereocenters. The Bertz CT molecular complexity index is 859. The number of rotatable bonds is 3. The maximum atomic E-state index is 13.3. The molecule has 0 radical (unpaired) electrons. The van der Waals surface area contributed by atoms with Crippen molar-refractivity contribution in [3.63, 3.8) is 0 Å². The molecule has 4 aliphatic heterocycles. The molecule has 1 aromatic carbocycles. The van der Waals surface area contributed by atoms with Crippen LogP contribution >= 0.6 is 11.3 Å². The lowest BCUT2D eigenvalue weighted by molar-refractivity contribution is -0.00365. The van der Waals surface area contributed by atoms with Gasteiger partial charge in [0.15, 0.2) is 0 Å². The number of ether oxygens (including phenoxy) is 1. The summed E-state index contributed by atoms with van der Waals surface area (Å²) in [5.74, 6) is 1.92. The van der Waals surface area contributed by atoms with Gasteiger partial charge in [-0.25, -0.2) is 4.98 Å². The fraction of sp³-hybridized carbons (Fsp3) is 0.524. The first kappa shape index (κ1) is 17.2. The fourth-order valence-corrected chi connectivity index (χ4v) is 6.10. The molecule has 0 aliphatic carbocycles. The van der Waals surface area contributed by atoms with Crippen LogP contribution in [0.3, 0.4) is 0 Å². The van der Waals surface area contributed by atoms with Crippen molar-refractivity contribution < 1.29 is 9.53 Å². The summed E-state index contributed by atoms with van der Waals surface area (Å²) in [5, 5.41) is 2.86. The van der Waals surface area contributed by atoms with Crippen LogP contribution in [-0.2, 0) is 0 Å². The standard InChI is InChI=1S/C21H25N3O2S/c1-13-22-17(12-27-13)21(25)24-11-16(15-5-3-4-6-18(15)26-2)20-19(24)14-7-9-23(20)10-8-14/h3-6,12,14,16,19-20H,7-11H2,1-2H3/t16-,19-,20-/m1/s1. The van der Waals surface area contributed by atoms with Crippen molar-refractivity contribution in [3.05, 3.63) is 45.9 Å². The lowest BCUT2D eigenvalue weighted by Crippen LogP contribution is -2.60. The molecule has 5 nitrogen and oxygen atoms in total. The Kier molecular flexibility index (Phi) is 4.20. The minimum absolute atomic E-state index is 0.0977. The Morgan fingerprint density at radius 2 is 2.00 bits per heavy atom. The molecule has 4 saturated heterocycles. The van der Waals surface area contributed by atoms with Crippen LogP contribution in [0.2, 0.25) is 0 Å². The number of piperidine rings is 3. The first-order valence-electron chi connectivity index (χ1n) is 9.77. The van der Waals surface area contributed by atoms with Crippen molar-refractivity contribution in [3.8, 4) is 5.75 Å². The number of nitrogens with zero attached hydrogens (tertiary/aromatic N) is 3. The number of hydrogen-bond acceptors (Lipinski definition) is 5. The highest BCUT2D eigenvalue weighted by Crippen LogP contribution is 2.48. The van der Waals surface area contributed by atoms with E-state index in [-0.39, 0.29) is 17.9 Å². The average Bonchev–Trinajstić information content (AvgIpc) is 3.33. The molecule has 6 heteroatoms. The summed E-state index contributed by atoms with van der Waals surface area (Å²) >= 11 is 1.55. The number of para-hydroxylation sites is 1. The Hall–Kier alpha value is -1.92. The Morgan fingerprint density at radius 1 is 1.22 bits per heavy atom. The van der Waals surface area contributed by atoms with E-state index in [2.05, 4.69) is 26.9 Å². The summed E-state index contributed by atoms with van der Waals surface area (Å²) in [4.78, 5) is 22.6. The molecule has 1 aromatic heterocycles. The van der Waals surface area contributed by atoms with Crippen molar-refractivity contribution in [2.45, 2.75) is 37.8 Å². The van der Waals surface area contributed by atoms with Gasteiger partial charge in [0.05, 0.1) is 18.2 Å². The Labute approximate surface area is 164 Å². The molecule has 5 heterocycles. The molecule has 27 heavy (non-hydrogen) atoms. The topological polar surface area (TPSA) is 45.7 Å². The summed E-state index contributed by atoms with van der Waals surface area (Å²) in [6, 6.07) is 8.98. The smallest absolute Gasteiger partial charge is 0.273 e. The maximum absolute atomic E-state index is 13.3. The van der Waals surface area contributed by atoms with E-state index in [4.69, 9.17) is 4.74 Å². The van der Waals surface area contributed by atoms with Gasteiger partial charge in [0.25, 0.3) is 5.91 Å². The number of hydrogen-bond donors (Lipinski definition) is 0. The van der Waals surface area contributed by atoms with Crippen LogP contribution in [0.15, 0.2) is 29.6 Å². The summed E-state index contributed by atoms with van der Waals surface area (Å²) in [6.07, 6.45) is 2.39. The molecule has 0 spiro atoms. The van der Waals surface area contributed by atoms with E-state index in [0.29, 0.717) is 17.7 Å². The largest absolute Gasteiger partial charge is 0.496 e. The molecule has 1 amide bonds. The zero-order valence-corrected chi connectivity index (χ0v) is 16.6. The van der Waals surface area contributed by atoms with E-state index in [9.17, 15) is 4.79 Å². The number of benzene rings is 1. The predicted molar refractivity (Wildman–Crippen MR) is 105 cm³/mol. The highest BCUT2D eigenvalue weighted by Gasteiger charge is 2.55. The van der Waals surface area contributed by atoms with Crippen LogP contribution in [0.4, 0.5) is 0 Å². The van der Waals surface area contributed by atoms with E-state index in [0.717, 1.165) is 30.4 Å². The van der Waals surface area contributed by atoms with E-state index >= 15 is 0 Å². The third-order valence-corrected chi connectivity index (χ3v) is 7.41. The number of thiazole rings is 1. The summed E-state index contributed by atoms with van der Waals surface area (Å²) in [6.45, 7) is 5.00. The molecule has 0 saturated carbocycles. The van der Waals surface area contributed by atoms with Crippen LogP contribution < -0.4 is 4.74 Å². The second-order valence-electron chi connectivity index (χ2n) is 7.91. The SMILES string of the molecule is COc1ccccc1[C@H]1CN(C(=O)c2csc(C)n2)[C@@H]2C3CCN(CC3)[C@H]12. The number of aromatic nitrogens is 1. The van der Waals surface area contributed by atoms with Gasteiger partial charge >= 0.3 is 0 Å². The van der Waals surface area contributed by atoms with Gasteiger partial charge in [0, 0.05) is 29.4 Å². The third-order valence-electron chi connectivity index (χ3n) is 6.63. The summed E-state index contributed by atoms with van der Waals surface area (Å²) in [5.41, 5.74) is 1.83.